The van der Waals surface area contributed by atoms with E-state index >= 15 is 0 Å². The Labute approximate surface area is 223 Å². The van der Waals surface area contributed by atoms with Crippen LogP contribution < -0.4 is 10.6 Å². The summed E-state index contributed by atoms with van der Waals surface area (Å²) in [5.41, 5.74) is 1.90. The second-order valence-corrected chi connectivity index (χ2v) is 9.39. The van der Waals surface area contributed by atoms with Crippen LogP contribution in [0.4, 0.5) is 5.69 Å². The highest BCUT2D eigenvalue weighted by atomic mass is 79.9. The molecule has 3 aromatic carbocycles. The summed E-state index contributed by atoms with van der Waals surface area (Å²) in [5.74, 6) is -0.641. The quantitative estimate of drug-likeness (QED) is 0.177. The van der Waals surface area contributed by atoms with E-state index in [1.807, 2.05) is 48.5 Å². The van der Waals surface area contributed by atoms with E-state index in [1.54, 1.807) is 49.4 Å². The van der Waals surface area contributed by atoms with E-state index in [0.717, 1.165) is 14.9 Å². The van der Waals surface area contributed by atoms with E-state index < -0.39 is 5.91 Å². The maximum Gasteiger partial charge on any atom is 0.330 e. The van der Waals surface area contributed by atoms with Crippen molar-refractivity contribution in [3.63, 3.8) is 0 Å². The van der Waals surface area contributed by atoms with Crippen molar-refractivity contribution in [1.82, 2.24) is 5.32 Å². The van der Waals surface area contributed by atoms with Crippen molar-refractivity contribution in [1.29, 1.82) is 0 Å². The fourth-order valence-corrected chi connectivity index (χ4v) is 4.04. The molecule has 0 atom stereocenters. The number of thioether (sulfide) groups is 1. The summed E-state index contributed by atoms with van der Waals surface area (Å²) in [5, 5.41) is 5.59. The molecule has 3 rings (SSSR count). The number of nitrogens with one attached hydrogen (secondary N) is 2. The molecule has 0 spiro atoms. The third-order valence-electron chi connectivity index (χ3n) is 4.69. The Bertz CT molecular complexity index is 1260. The maximum atomic E-state index is 13.2. The molecule has 0 aliphatic heterocycles. The van der Waals surface area contributed by atoms with Gasteiger partial charge in [-0.2, -0.15) is 0 Å². The predicted octanol–water partition coefficient (Wildman–Crippen LogP) is 6.07. The molecule has 0 saturated carbocycles. The first-order chi connectivity index (χ1) is 17.4. The first kappa shape index (κ1) is 27.0. The van der Waals surface area contributed by atoms with Crippen LogP contribution in [0.5, 0.6) is 0 Å². The molecular formula is C28H25BrN2O4S. The molecule has 3 aromatic rings. The monoisotopic (exact) mass is 564 g/mol. The van der Waals surface area contributed by atoms with Gasteiger partial charge in [-0.3, -0.25) is 9.59 Å². The zero-order valence-electron chi connectivity index (χ0n) is 19.6. The molecule has 2 amide bonds. The van der Waals surface area contributed by atoms with E-state index in [-0.39, 0.29) is 17.6 Å². The zero-order valence-corrected chi connectivity index (χ0v) is 22.0. The standard InChI is InChI=1S/C28H25BrN2O4S/c1-2-35-26(32)12-7-17-36-24-11-6-10-23(19-24)30-28(34)25(18-20-13-15-22(29)16-14-20)31-27(33)21-8-4-3-5-9-21/h3-16,18-19H,2,17H2,1H3,(H,30,34)(H,31,33)/b12-7+,25-18-. The van der Waals surface area contributed by atoms with Crippen molar-refractivity contribution in [3.05, 3.63) is 112 Å². The van der Waals surface area contributed by atoms with Crippen LogP contribution in [0.25, 0.3) is 6.08 Å². The Morgan fingerprint density at radius 2 is 1.72 bits per heavy atom. The van der Waals surface area contributed by atoms with Gasteiger partial charge in [0.25, 0.3) is 11.8 Å². The van der Waals surface area contributed by atoms with Crippen LogP contribution in [-0.2, 0) is 14.3 Å². The maximum absolute atomic E-state index is 13.2. The minimum atomic E-state index is -0.452. The third kappa shape index (κ3) is 8.87. The van der Waals surface area contributed by atoms with Crippen LogP contribution >= 0.6 is 27.7 Å². The average molecular weight is 565 g/mol. The molecule has 184 valence electrons. The lowest BCUT2D eigenvalue weighted by Gasteiger charge is -2.12. The molecule has 0 aliphatic carbocycles. The molecular weight excluding hydrogens is 540 g/mol. The summed E-state index contributed by atoms with van der Waals surface area (Å²) in [6.07, 6.45) is 4.75. The highest BCUT2D eigenvalue weighted by Crippen LogP contribution is 2.22. The number of anilines is 1. The molecule has 0 heterocycles. The molecule has 0 radical (unpaired) electrons. The summed E-state index contributed by atoms with van der Waals surface area (Å²) in [6, 6.07) is 23.4. The van der Waals surface area contributed by atoms with Crippen LogP contribution in [0.15, 0.2) is 106 Å². The Balaban J connectivity index is 1.73. The van der Waals surface area contributed by atoms with E-state index in [4.69, 9.17) is 4.74 Å². The smallest absolute Gasteiger partial charge is 0.330 e. The van der Waals surface area contributed by atoms with Gasteiger partial charge in [0.15, 0.2) is 0 Å². The first-order valence-electron chi connectivity index (χ1n) is 11.2. The Hall–Kier alpha value is -3.62. The van der Waals surface area contributed by atoms with Gasteiger partial charge >= 0.3 is 5.97 Å². The molecule has 0 saturated heterocycles. The molecule has 0 aromatic heterocycles. The van der Waals surface area contributed by atoms with Crippen molar-refractivity contribution in [2.45, 2.75) is 11.8 Å². The summed E-state index contributed by atoms with van der Waals surface area (Å²) in [7, 11) is 0. The van der Waals surface area contributed by atoms with Gasteiger partial charge in [0, 0.05) is 32.4 Å². The number of halogens is 1. The van der Waals surface area contributed by atoms with Crippen molar-refractivity contribution >= 4 is 57.2 Å². The van der Waals surface area contributed by atoms with Gasteiger partial charge in [0.1, 0.15) is 5.70 Å². The largest absolute Gasteiger partial charge is 0.463 e. The highest BCUT2D eigenvalue weighted by molar-refractivity contribution is 9.10. The molecule has 0 aliphatic rings. The minimum Gasteiger partial charge on any atom is -0.463 e. The van der Waals surface area contributed by atoms with Crippen LogP contribution in [0, 0.1) is 0 Å². The summed E-state index contributed by atoms with van der Waals surface area (Å²) < 4.78 is 5.77. The predicted molar refractivity (Wildman–Crippen MR) is 148 cm³/mol. The van der Waals surface area contributed by atoms with Crippen molar-refractivity contribution in [3.8, 4) is 0 Å². The molecule has 36 heavy (non-hydrogen) atoms. The molecule has 6 nitrogen and oxygen atoms in total. The number of rotatable bonds is 10. The second-order valence-electron chi connectivity index (χ2n) is 7.38. The number of hydrogen-bond donors (Lipinski definition) is 2. The Morgan fingerprint density at radius 3 is 2.44 bits per heavy atom. The zero-order chi connectivity index (χ0) is 25.8. The lowest BCUT2D eigenvalue weighted by molar-refractivity contribution is -0.137. The molecule has 0 bridgehead atoms. The number of ether oxygens (including phenoxy) is 1. The van der Waals surface area contributed by atoms with Gasteiger partial charge in [-0.1, -0.05) is 58.4 Å². The van der Waals surface area contributed by atoms with Crippen molar-refractivity contribution < 1.29 is 19.1 Å². The van der Waals surface area contributed by atoms with E-state index in [9.17, 15) is 14.4 Å². The van der Waals surface area contributed by atoms with Crippen LogP contribution in [0.3, 0.4) is 0 Å². The number of carbonyl (C=O) groups excluding carboxylic acids is 3. The minimum absolute atomic E-state index is 0.113. The fraction of sp³-hybridized carbons (Fsp3) is 0.107. The van der Waals surface area contributed by atoms with Crippen molar-refractivity contribution in [2.24, 2.45) is 0 Å². The van der Waals surface area contributed by atoms with Crippen LogP contribution in [0.1, 0.15) is 22.8 Å². The average Bonchev–Trinajstić information content (AvgIpc) is 2.88. The fourth-order valence-electron chi connectivity index (χ4n) is 3.01. The lowest BCUT2D eigenvalue weighted by Crippen LogP contribution is -2.30. The molecule has 8 heteroatoms. The van der Waals surface area contributed by atoms with E-state index in [2.05, 4.69) is 26.6 Å². The lowest BCUT2D eigenvalue weighted by atomic mass is 10.1. The van der Waals surface area contributed by atoms with E-state index in [1.165, 1.54) is 17.8 Å². The van der Waals surface area contributed by atoms with Gasteiger partial charge in [-0.15, -0.1) is 11.8 Å². The molecule has 2 N–H and O–H groups in total. The molecule has 0 fully saturated rings. The van der Waals surface area contributed by atoms with Gasteiger partial charge in [-0.25, -0.2) is 4.79 Å². The number of benzene rings is 3. The van der Waals surface area contributed by atoms with Crippen molar-refractivity contribution in [2.75, 3.05) is 17.7 Å². The highest BCUT2D eigenvalue weighted by Gasteiger charge is 2.15. The molecule has 0 unspecified atom stereocenters. The number of esters is 1. The topological polar surface area (TPSA) is 84.5 Å². The Morgan fingerprint density at radius 1 is 0.972 bits per heavy atom. The van der Waals surface area contributed by atoms with E-state index in [0.29, 0.717) is 23.6 Å². The van der Waals surface area contributed by atoms with Gasteiger partial charge < -0.3 is 15.4 Å². The van der Waals surface area contributed by atoms with Gasteiger partial charge in [0.05, 0.1) is 6.61 Å². The summed E-state index contributed by atoms with van der Waals surface area (Å²) in [6.45, 7) is 2.09. The summed E-state index contributed by atoms with van der Waals surface area (Å²) >= 11 is 4.91. The SMILES string of the molecule is CCOC(=O)/C=C/CSc1cccc(NC(=O)/C(=C/c2ccc(Br)cc2)NC(=O)c2ccccc2)c1. The number of carbonyl (C=O) groups is 3. The summed E-state index contributed by atoms with van der Waals surface area (Å²) in [4.78, 5) is 38.3. The number of hydrogen-bond acceptors (Lipinski definition) is 5. The Kier molecular flexibility index (Phi) is 10.5. The number of amides is 2. The van der Waals surface area contributed by atoms with Gasteiger partial charge in [0.2, 0.25) is 0 Å². The first-order valence-corrected chi connectivity index (χ1v) is 12.9. The van der Waals surface area contributed by atoms with Crippen LogP contribution in [0.2, 0.25) is 0 Å². The second kappa shape index (κ2) is 14.1. The van der Waals surface area contributed by atoms with Crippen LogP contribution in [-0.4, -0.2) is 30.1 Å². The normalized spacial score (nSPS) is 11.2. The van der Waals surface area contributed by atoms with Gasteiger partial charge in [-0.05, 0) is 61.0 Å². The third-order valence-corrected chi connectivity index (χ3v) is 6.16.